The van der Waals surface area contributed by atoms with E-state index in [1.54, 1.807) is 6.07 Å². The van der Waals surface area contributed by atoms with Gasteiger partial charge in [0.15, 0.2) is 0 Å². The van der Waals surface area contributed by atoms with Crippen molar-refractivity contribution in [1.82, 2.24) is 0 Å². The van der Waals surface area contributed by atoms with Crippen LogP contribution < -0.4 is 4.74 Å². The zero-order chi connectivity index (χ0) is 14.7. The van der Waals surface area contributed by atoms with Gasteiger partial charge < -0.3 is 9.84 Å². The average Bonchev–Trinajstić information content (AvgIpc) is 2.41. The first kappa shape index (κ1) is 14.8. The van der Waals surface area contributed by atoms with Crippen molar-refractivity contribution < 1.29 is 19.0 Å². The van der Waals surface area contributed by atoms with Gasteiger partial charge in [-0.15, -0.1) is 0 Å². The molecule has 0 bridgehead atoms. The van der Waals surface area contributed by atoms with Gasteiger partial charge in [0.25, 0.3) is 0 Å². The van der Waals surface area contributed by atoms with Crippen molar-refractivity contribution in [3.8, 4) is 5.75 Å². The summed E-state index contributed by atoms with van der Waals surface area (Å²) in [6, 6.07) is 8.72. The van der Waals surface area contributed by atoms with Crippen LogP contribution in [0.15, 0.2) is 40.9 Å². The minimum atomic E-state index is -0.997. The van der Waals surface area contributed by atoms with Crippen molar-refractivity contribution in [1.29, 1.82) is 0 Å². The van der Waals surface area contributed by atoms with Gasteiger partial charge in [0, 0.05) is 16.1 Å². The highest BCUT2D eigenvalue weighted by molar-refractivity contribution is 9.10. The molecule has 0 saturated carbocycles. The monoisotopic (exact) mass is 358 g/mol. The molecule has 0 aromatic heterocycles. The number of hydrogen-bond donors (Lipinski definition) is 1. The largest absolute Gasteiger partial charge is 0.489 e. The Bertz CT molecular complexity index is 661. The lowest BCUT2D eigenvalue weighted by Gasteiger charge is -2.09. The second-order valence-corrected chi connectivity index (χ2v) is 5.24. The van der Waals surface area contributed by atoms with E-state index in [1.807, 2.05) is 0 Å². The second-order valence-electron chi connectivity index (χ2n) is 3.98. The van der Waals surface area contributed by atoms with Crippen LogP contribution >= 0.6 is 27.5 Å². The molecule has 3 nitrogen and oxygen atoms in total. The Balaban J connectivity index is 2.10. The molecule has 0 unspecified atom stereocenters. The number of aromatic carboxylic acids is 1. The van der Waals surface area contributed by atoms with Crippen LogP contribution in [0.4, 0.5) is 4.39 Å². The van der Waals surface area contributed by atoms with Gasteiger partial charge in [-0.1, -0.05) is 33.6 Å². The fraction of sp³-hybridized carbons (Fsp3) is 0.0714. The third-order valence-electron chi connectivity index (χ3n) is 2.59. The lowest BCUT2D eigenvalue weighted by atomic mass is 10.1. The zero-order valence-electron chi connectivity index (χ0n) is 10.1. The molecular formula is C14H9BrClFO3. The number of carboxylic acids is 1. The van der Waals surface area contributed by atoms with Crippen LogP contribution in [0, 0.1) is 5.82 Å². The van der Waals surface area contributed by atoms with E-state index >= 15 is 0 Å². The van der Waals surface area contributed by atoms with E-state index in [0.717, 1.165) is 5.56 Å². The lowest BCUT2D eigenvalue weighted by molar-refractivity contribution is 0.0696. The molecule has 0 atom stereocenters. The number of ether oxygens (including phenoxy) is 1. The third-order valence-corrected chi connectivity index (χ3v) is 3.61. The fourth-order valence-electron chi connectivity index (χ4n) is 1.53. The van der Waals surface area contributed by atoms with Crippen molar-refractivity contribution in [3.05, 3.63) is 62.8 Å². The SMILES string of the molecule is O=C(O)c1ccc(COc2ccc(F)c(Cl)c2)c(Br)c1. The zero-order valence-corrected chi connectivity index (χ0v) is 12.4. The van der Waals surface area contributed by atoms with Gasteiger partial charge in [0.2, 0.25) is 0 Å². The standard InChI is InChI=1S/C14H9BrClFO3/c15-11-5-8(14(18)19)1-2-9(11)7-20-10-3-4-13(17)12(16)6-10/h1-6H,7H2,(H,18,19). The number of halogens is 3. The maximum absolute atomic E-state index is 13.0. The molecule has 2 rings (SSSR count). The van der Waals surface area contributed by atoms with Crippen molar-refractivity contribution in [2.75, 3.05) is 0 Å². The van der Waals surface area contributed by atoms with Gasteiger partial charge in [-0.3, -0.25) is 0 Å². The normalized spacial score (nSPS) is 10.3. The van der Waals surface area contributed by atoms with Crippen LogP contribution in [-0.2, 0) is 6.61 Å². The predicted molar refractivity (Wildman–Crippen MR) is 76.8 cm³/mol. The smallest absolute Gasteiger partial charge is 0.335 e. The van der Waals surface area contributed by atoms with E-state index in [9.17, 15) is 9.18 Å². The lowest BCUT2D eigenvalue weighted by Crippen LogP contribution is -2.00. The Morgan fingerprint density at radius 3 is 2.65 bits per heavy atom. The predicted octanol–water partition coefficient (Wildman–Crippen LogP) is 4.52. The average molecular weight is 360 g/mol. The molecule has 0 aliphatic carbocycles. The molecule has 0 radical (unpaired) electrons. The highest BCUT2D eigenvalue weighted by atomic mass is 79.9. The molecule has 1 N–H and O–H groups in total. The second kappa shape index (κ2) is 6.24. The number of carboxylic acid groups (broad SMARTS) is 1. The van der Waals surface area contributed by atoms with Crippen LogP contribution in [0.1, 0.15) is 15.9 Å². The summed E-state index contributed by atoms with van der Waals surface area (Å²) in [7, 11) is 0. The van der Waals surface area contributed by atoms with E-state index in [2.05, 4.69) is 15.9 Å². The van der Waals surface area contributed by atoms with Crippen LogP contribution in [0.5, 0.6) is 5.75 Å². The minimum Gasteiger partial charge on any atom is -0.489 e. The molecule has 104 valence electrons. The molecule has 0 heterocycles. The Labute approximate surface area is 128 Å². The quantitative estimate of drug-likeness (QED) is 0.873. The first-order valence-corrected chi connectivity index (χ1v) is 6.74. The van der Waals surface area contributed by atoms with Gasteiger partial charge >= 0.3 is 5.97 Å². The molecule has 0 aliphatic rings. The maximum atomic E-state index is 13.0. The van der Waals surface area contributed by atoms with Gasteiger partial charge in [0.05, 0.1) is 10.6 Å². The highest BCUT2D eigenvalue weighted by Crippen LogP contribution is 2.24. The Morgan fingerprint density at radius 2 is 2.05 bits per heavy atom. The van der Waals surface area contributed by atoms with Gasteiger partial charge in [-0.05, 0) is 24.3 Å². The van der Waals surface area contributed by atoms with E-state index in [-0.39, 0.29) is 17.2 Å². The number of hydrogen-bond acceptors (Lipinski definition) is 2. The first-order chi connectivity index (χ1) is 9.47. The molecule has 6 heteroatoms. The minimum absolute atomic E-state index is 0.0113. The number of benzene rings is 2. The van der Waals surface area contributed by atoms with Crippen LogP contribution in [-0.4, -0.2) is 11.1 Å². The summed E-state index contributed by atoms with van der Waals surface area (Å²) in [4.78, 5) is 10.8. The molecule has 2 aromatic carbocycles. The van der Waals surface area contributed by atoms with Crippen molar-refractivity contribution >= 4 is 33.5 Å². The molecule has 2 aromatic rings. The molecular weight excluding hydrogens is 351 g/mol. The topological polar surface area (TPSA) is 46.5 Å². The fourth-order valence-corrected chi connectivity index (χ4v) is 2.19. The van der Waals surface area contributed by atoms with E-state index in [0.29, 0.717) is 10.2 Å². The molecule has 0 aliphatic heterocycles. The summed E-state index contributed by atoms with van der Waals surface area (Å²) in [6.07, 6.45) is 0. The van der Waals surface area contributed by atoms with Crippen LogP contribution in [0.2, 0.25) is 5.02 Å². The Kier molecular flexibility index (Phi) is 4.62. The highest BCUT2D eigenvalue weighted by Gasteiger charge is 2.08. The summed E-state index contributed by atoms with van der Waals surface area (Å²) in [5.74, 6) is -1.07. The Hall–Kier alpha value is -1.59. The number of rotatable bonds is 4. The summed E-state index contributed by atoms with van der Waals surface area (Å²) in [5, 5.41) is 8.85. The van der Waals surface area contributed by atoms with Gasteiger partial charge in [-0.2, -0.15) is 0 Å². The van der Waals surface area contributed by atoms with Crippen molar-refractivity contribution in [2.45, 2.75) is 6.61 Å². The molecule has 0 amide bonds. The van der Waals surface area contributed by atoms with Gasteiger partial charge in [0.1, 0.15) is 18.2 Å². The van der Waals surface area contributed by atoms with Crippen LogP contribution in [0.25, 0.3) is 0 Å². The van der Waals surface area contributed by atoms with Gasteiger partial charge in [-0.25, -0.2) is 9.18 Å². The molecule has 0 spiro atoms. The summed E-state index contributed by atoms with van der Waals surface area (Å²) < 4.78 is 19.1. The number of carbonyl (C=O) groups is 1. The third kappa shape index (κ3) is 3.49. The summed E-state index contributed by atoms with van der Waals surface area (Å²) >= 11 is 8.94. The molecule has 0 fully saturated rings. The summed E-state index contributed by atoms with van der Waals surface area (Å²) in [5.41, 5.74) is 0.959. The van der Waals surface area contributed by atoms with Crippen molar-refractivity contribution in [2.24, 2.45) is 0 Å². The first-order valence-electron chi connectivity index (χ1n) is 5.57. The molecule has 0 saturated heterocycles. The van der Waals surface area contributed by atoms with Crippen molar-refractivity contribution in [3.63, 3.8) is 0 Å². The maximum Gasteiger partial charge on any atom is 0.335 e. The van der Waals surface area contributed by atoms with E-state index < -0.39 is 11.8 Å². The summed E-state index contributed by atoms with van der Waals surface area (Å²) in [6.45, 7) is 0.211. The van der Waals surface area contributed by atoms with E-state index in [1.165, 1.54) is 30.3 Å². The Morgan fingerprint density at radius 1 is 1.30 bits per heavy atom. The van der Waals surface area contributed by atoms with Crippen LogP contribution in [0.3, 0.4) is 0 Å². The molecule has 20 heavy (non-hydrogen) atoms. The van der Waals surface area contributed by atoms with E-state index in [4.69, 9.17) is 21.4 Å².